The zero-order chi connectivity index (χ0) is 34.3. The summed E-state index contributed by atoms with van der Waals surface area (Å²) in [6.45, 7) is 1.38. The molecule has 6 rings (SSSR count). The molecule has 0 spiro atoms. The Morgan fingerprint density at radius 2 is 1.69 bits per heavy atom. The average molecular weight is 671 g/mol. The van der Waals surface area contributed by atoms with Crippen molar-refractivity contribution in [1.29, 1.82) is 0 Å². The smallest absolute Gasteiger partial charge is 0.471 e. The van der Waals surface area contributed by atoms with Crippen molar-refractivity contribution < 1.29 is 56.8 Å². The van der Waals surface area contributed by atoms with Gasteiger partial charge in [-0.2, -0.15) is 13.2 Å². The Bertz CT molecular complexity index is 1720. The van der Waals surface area contributed by atoms with Crippen LogP contribution in [-0.2, 0) is 19.0 Å². The molecule has 2 amide bonds. The first kappa shape index (κ1) is 33.4. The number of aromatic hydroxyl groups is 1. The van der Waals surface area contributed by atoms with Crippen LogP contribution in [0.15, 0.2) is 70.8 Å². The Hall–Kier alpha value is -4.53. The van der Waals surface area contributed by atoms with Crippen molar-refractivity contribution in [3.8, 4) is 5.75 Å². The average Bonchev–Trinajstić information content (AvgIpc) is 3.04. The Labute approximate surface area is 272 Å². The number of benzene rings is 2. The van der Waals surface area contributed by atoms with E-state index in [0.29, 0.717) is 34.4 Å². The molecule has 1 heterocycles. The zero-order valence-corrected chi connectivity index (χ0v) is 25.7. The van der Waals surface area contributed by atoms with Crippen LogP contribution in [0.3, 0.4) is 0 Å². The molecule has 14 heteroatoms. The summed E-state index contributed by atoms with van der Waals surface area (Å²) < 4.78 is 56.7. The van der Waals surface area contributed by atoms with Gasteiger partial charge in [-0.15, -0.1) is 0 Å². The van der Waals surface area contributed by atoms with E-state index >= 15 is 0 Å². The number of amides is 2. The Balaban J connectivity index is 1.22. The number of nitrogens with one attached hydrogen (secondary N) is 2. The third-order valence-electron chi connectivity index (χ3n) is 9.15. The highest BCUT2D eigenvalue weighted by Gasteiger charge is 2.46. The Morgan fingerprint density at radius 3 is 2.35 bits per heavy atom. The molecule has 6 atom stereocenters. The summed E-state index contributed by atoms with van der Waals surface area (Å²) >= 11 is 0. The van der Waals surface area contributed by atoms with Crippen molar-refractivity contribution in [1.82, 2.24) is 5.32 Å². The maximum atomic E-state index is 13.5. The van der Waals surface area contributed by atoms with Crippen LogP contribution in [-0.4, -0.2) is 77.2 Å². The molecule has 0 radical (unpaired) electrons. The minimum Gasteiger partial charge on any atom is -0.508 e. The number of carbonyl (C=O) groups is 4. The van der Waals surface area contributed by atoms with Gasteiger partial charge in [-0.3, -0.25) is 19.7 Å². The van der Waals surface area contributed by atoms with E-state index in [-0.39, 0.29) is 55.5 Å². The number of Topliss-reactive ketones (excluding diaryl/α,β-unsaturated/α-hetero) is 2. The molecule has 1 fully saturated rings. The van der Waals surface area contributed by atoms with Gasteiger partial charge in [0.1, 0.15) is 11.9 Å². The largest absolute Gasteiger partial charge is 0.508 e. The topological polar surface area (TPSA) is 160 Å². The molecule has 2 aromatic carbocycles. The molecule has 1 aliphatic heterocycles. The van der Waals surface area contributed by atoms with Gasteiger partial charge in [-0.25, -0.2) is 4.79 Å². The highest BCUT2D eigenvalue weighted by atomic mass is 19.4. The second-order valence-electron chi connectivity index (χ2n) is 12.4. The van der Waals surface area contributed by atoms with Crippen LogP contribution in [0.5, 0.6) is 5.75 Å². The number of phenols is 1. The van der Waals surface area contributed by atoms with Gasteiger partial charge in [0, 0.05) is 46.9 Å². The van der Waals surface area contributed by atoms with Crippen LogP contribution in [0.25, 0.3) is 0 Å². The minimum absolute atomic E-state index is 0.0455. The standard InChI is InChI=1S/C34H33F3N2O9/c1-16-29(41)26(39-32(44)34(35,36)37)14-28(47-16)48-27-10-17(15-46-33(45)38-19-5-4-6-20(40)12-19)9-18-11-24-25(13-23(18)27)31(43)22-8-3-2-7-21(22)30(24)42/h2-8,12,16-17,26-29,40-41H,9-11,13-15H2,1H3,(H,38,45)(H,39,44)/t16-,17?,26+,27+,28+,29+/m1/s1. The second-order valence-corrected chi connectivity index (χ2v) is 12.4. The van der Waals surface area contributed by atoms with E-state index in [9.17, 15) is 42.6 Å². The van der Waals surface area contributed by atoms with E-state index < -0.39 is 48.8 Å². The lowest BCUT2D eigenvalue weighted by atomic mass is 9.69. The fourth-order valence-corrected chi connectivity index (χ4v) is 6.83. The number of carbonyl (C=O) groups excluding carboxylic acids is 4. The van der Waals surface area contributed by atoms with Crippen LogP contribution < -0.4 is 10.6 Å². The molecule has 2 aromatic rings. The molecule has 48 heavy (non-hydrogen) atoms. The number of fused-ring (bicyclic) bond motifs is 1. The van der Waals surface area contributed by atoms with Gasteiger partial charge < -0.3 is 29.7 Å². The summed E-state index contributed by atoms with van der Waals surface area (Å²) in [5, 5.41) is 24.5. The number of phenolic OH excluding ortho intramolecular Hbond substituents is 1. The maximum Gasteiger partial charge on any atom is 0.471 e. The Morgan fingerprint density at radius 1 is 1.00 bits per heavy atom. The van der Waals surface area contributed by atoms with E-state index in [0.717, 1.165) is 11.1 Å². The SMILES string of the molecule is C[C@H]1O[C@@H](O[C@H]2CC(COC(=O)Nc3cccc(O)c3)CC3=C2CC2=C(C3)C(=O)c3ccccc3C2=O)C[C@H](NC(=O)C(F)(F)F)[C@H]1O. The van der Waals surface area contributed by atoms with E-state index in [2.05, 4.69) is 5.32 Å². The molecule has 3 aliphatic carbocycles. The summed E-state index contributed by atoms with van der Waals surface area (Å²) in [5.74, 6) is -3.07. The molecule has 0 bridgehead atoms. The number of halogens is 3. The number of ketones is 2. The summed E-state index contributed by atoms with van der Waals surface area (Å²) in [6.07, 6.45) is -9.57. The number of rotatable bonds is 6. The summed E-state index contributed by atoms with van der Waals surface area (Å²) in [4.78, 5) is 51.3. The van der Waals surface area contributed by atoms with Crippen molar-refractivity contribution in [2.75, 3.05) is 11.9 Å². The third kappa shape index (κ3) is 6.86. The first-order valence-electron chi connectivity index (χ1n) is 15.5. The first-order valence-corrected chi connectivity index (χ1v) is 15.5. The fourth-order valence-electron chi connectivity index (χ4n) is 6.83. The number of allylic oxidation sites excluding steroid dienone is 3. The van der Waals surface area contributed by atoms with Crippen LogP contribution in [0, 0.1) is 5.92 Å². The van der Waals surface area contributed by atoms with Crippen LogP contribution >= 0.6 is 0 Å². The lowest BCUT2D eigenvalue weighted by molar-refractivity contribution is -0.241. The number of hydrogen-bond acceptors (Lipinski definition) is 9. The fraction of sp³-hybridized carbons (Fsp3) is 0.412. The normalized spacial score (nSPS) is 27.1. The molecular weight excluding hydrogens is 637 g/mol. The Kier molecular flexibility index (Phi) is 9.16. The number of aliphatic hydroxyl groups is 1. The van der Waals surface area contributed by atoms with Crippen LogP contribution in [0.2, 0.25) is 0 Å². The van der Waals surface area contributed by atoms with E-state index in [1.54, 1.807) is 36.4 Å². The van der Waals surface area contributed by atoms with Gasteiger partial charge in [0.2, 0.25) is 0 Å². The van der Waals surface area contributed by atoms with Gasteiger partial charge in [0.05, 0.1) is 24.9 Å². The van der Waals surface area contributed by atoms with Gasteiger partial charge in [0.25, 0.3) is 0 Å². The van der Waals surface area contributed by atoms with Gasteiger partial charge in [-0.05, 0) is 49.8 Å². The van der Waals surface area contributed by atoms with Gasteiger partial charge in [-0.1, -0.05) is 35.9 Å². The van der Waals surface area contributed by atoms with Crippen molar-refractivity contribution in [3.05, 3.63) is 82.0 Å². The number of hydrogen-bond donors (Lipinski definition) is 4. The summed E-state index contributed by atoms with van der Waals surface area (Å²) in [7, 11) is 0. The molecule has 11 nitrogen and oxygen atoms in total. The van der Waals surface area contributed by atoms with E-state index in [1.165, 1.54) is 19.1 Å². The minimum atomic E-state index is -5.16. The van der Waals surface area contributed by atoms with E-state index in [1.807, 2.05) is 5.32 Å². The molecule has 0 saturated carbocycles. The monoisotopic (exact) mass is 670 g/mol. The van der Waals surface area contributed by atoms with Crippen molar-refractivity contribution in [2.45, 2.75) is 75.8 Å². The number of ether oxygens (including phenoxy) is 3. The quantitative estimate of drug-likeness (QED) is 0.318. The van der Waals surface area contributed by atoms with Crippen molar-refractivity contribution >= 4 is 29.3 Å². The molecule has 254 valence electrons. The van der Waals surface area contributed by atoms with E-state index in [4.69, 9.17) is 14.2 Å². The van der Waals surface area contributed by atoms with Crippen molar-refractivity contribution in [2.24, 2.45) is 5.92 Å². The number of alkyl halides is 3. The molecule has 4 aliphatic rings. The predicted molar refractivity (Wildman–Crippen MR) is 162 cm³/mol. The summed E-state index contributed by atoms with van der Waals surface area (Å²) in [6, 6.07) is 11.2. The lowest BCUT2D eigenvalue weighted by Gasteiger charge is -2.42. The lowest BCUT2D eigenvalue weighted by Crippen LogP contribution is -2.57. The highest BCUT2D eigenvalue weighted by Crippen LogP contribution is 2.46. The second kappa shape index (κ2) is 13.2. The molecule has 1 unspecified atom stereocenters. The van der Waals surface area contributed by atoms with Crippen LogP contribution in [0.1, 0.15) is 59.7 Å². The highest BCUT2D eigenvalue weighted by molar-refractivity contribution is 6.27. The van der Waals surface area contributed by atoms with Gasteiger partial charge in [0.15, 0.2) is 17.9 Å². The molecule has 1 saturated heterocycles. The maximum absolute atomic E-state index is 13.5. The predicted octanol–water partition coefficient (Wildman–Crippen LogP) is 4.75. The number of aliphatic hydroxyl groups excluding tert-OH is 1. The van der Waals surface area contributed by atoms with Gasteiger partial charge >= 0.3 is 18.2 Å². The van der Waals surface area contributed by atoms with Crippen molar-refractivity contribution in [3.63, 3.8) is 0 Å². The first-order chi connectivity index (χ1) is 22.8. The molecule has 4 N–H and O–H groups in total. The van der Waals surface area contributed by atoms with Crippen LogP contribution in [0.4, 0.5) is 23.7 Å². The number of anilines is 1. The molecule has 0 aromatic heterocycles. The zero-order valence-electron chi connectivity index (χ0n) is 25.7. The molecular formula is C34H33F3N2O9. The third-order valence-corrected chi connectivity index (χ3v) is 9.15. The summed E-state index contributed by atoms with van der Waals surface area (Å²) in [5.41, 5.74) is 3.25.